The molecule has 0 aliphatic carbocycles. The summed E-state index contributed by atoms with van der Waals surface area (Å²) in [6, 6.07) is 26.3. The van der Waals surface area contributed by atoms with Crippen molar-refractivity contribution in [2.75, 3.05) is 0 Å². The van der Waals surface area contributed by atoms with E-state index >= 15 is 0 Å². The van der Waals surface area contributed by atoms with E-state index in [0.29, 0.717) is 35.9 Å². The number of rotatable bonds is 15. The summed E-state index contributed by atoms with van der Waals surface area (Å²) >= 11 is 8.72. The van der Waals surface area contributed by atoms with Crippen LogP contribution in [0.15, 0.2) is 114 Å². The molecule has 0 bridgehead atoms. The third kappa shape index (κ3) is 19.4. The molecule has 0 radical (unpaired) electrons. The first-order chi connectivity index (χ1) is 33.7. The highest BCUT2D eigenvalue weighted by Gasteiger charge is 2.46. The second kappa shape index (κ2) is 26.1. The van der Waals surface area contributed by atoms with E-state index in [0.717, 1.165) is 32.3 Å². The summed E-state index contributed by atoms with van der Waals surface area (Å²) < 4.78 is 17.4. The summed E-state index contributed by atoms with van der Waals surface area (Å²) in [4.78, 5) is 56.1. The minimum Gasteiger partial charge on any atom is -0.461 e. The molecule has 0 saturated heterocycles. The van der Waals surface area contributed by atoms with Crippen LogP contribution in [0.2, 0.25) is 0 Å². The quantitative estimate of drug-likeness (QED) is 0.0509. The van der Waals surface area contributed by atoms with Crippen LogP contribution in [-0.2, 0) is 45.2 Å². The van der Waals surface area contributed by atoms with Crippen LogP contribution in [0.4, 0.5) is 0 Å². The predicted octanol–water partition coefficient (Wildman–Crippen LogP) is 12.3. The van der Waals surface area contributed by atoms with Crippen LogP contribution in [0.25, 0.3) is 22.8 Å². The highest BCUT2D eigenvalue weighted by Crippen LogP contribution is 2.39. The number of nitrogens with zero attached hydrogens (tertiary/aromatic N) is 4. The highest BCUT2D eigenvalue weighted by atomic mass is 79.9. The van der Waals surface area contributed by atoms with Crippen LogP contribution >= 0.6 is 28.1 Å². The zero-order chi connectivity index (χ0) is 55.2. The fourth-order valence-electron chi connectivity index (χ4n) is 8.23. The number of carbonyl (C=O) groups is 3. The fraction of sp³-hybridized carbons (Fsp3) is 0.483. The molecule has 2 aromatic heterocycles. The standard InChI is InChI=1S/C22H29N3O2S.C20H27N3O2.C16H24BrNO2/c1-15(2)27-20(26)22(25-16(3)28,14-21(4,5)6)18-10-8-17(9-11-18)19-23-12-7-13-24-19;1-14(2)25-18(24)20(21,13-19(3,4)5)16-9-7-15(8-10-16)17-22-11-6-12-23-17;1-11(2)20-14(19)16(18,10-15(3,4)5)12-6-8-13(17)9-7-12/h7-13,15H,14H2,1-6H3,(H,25,28);6-12,14H,13,21H2,1-5H3;6-9,11H,10,18H2,1-5H3/t22-;20-;16-/m111/s1. The number of benzene rings is 3. The molecule has 0 saturated carbocycles. The number of carbonyl (C=O) groups excluding carboxylic acids is 3. The van der Waals surface area contributed by atoms with Crippen LogP contribution in [0, 0.1) is 16.2 Å². The van der Waals surface area contributed by atoms with Crippen molar-refractivity contribution in [3.05, 3.63) is 131 Å². The average Bonchev–Trinajstić information content (AvgIpc) is 3.27. The summed E-state index contributed by atoms with van der Waals surface area (Å²) in [6.45, 7) is 31.4. The Morgan fingerprint density at radius 1 is 0.521 bits per heavy atom. The lowest BCUT2D eigenvalue weighted by Crippen LogP contribution is -2.54. The Kier molecular flexibility index (Phi) is 22.1. The topological polar surface area (TPSA) is 195 Å². The second-order valence-electron chi connectivity index (χ2n) is 22.9. The molecule has 5 rings (SSSR count). The first-order valence-corrected chi connectivity index (χ1v) is 25.9. The van der Waals surface area contributed by atoms with E-state index in [1.807, 2.05) is 114 Å². The predicted molar refractivity (Wildman–Crippen MR) is 300 cm³/mol. The lowest BCUT2D eigenvalue weighted by Gasteiger charge is -2.38. The van der Waals surface area contributed by atoms with Crippen LogP contribution in [0.3, 0.4) is 0 Å². The third-order valence-electron chi connectivity index (χ3n) is 10.7. The van der Waals surface area contributed by atoms with E-state index in [2.05, 4.69) is 103 Å². The molecule has 5 aromatic rings. The van der Waals surface area contributed by atoms with Crippen LogP contribution < -0.4 is 16.8 Å². The molecule has 396 valence electrons. The molecule has 0 amide bonds. The Morgan fingerprint density at radius 3 is 1.12 bits per heavy atom. The largest absolute Gasteiger partial charge is 0.461 e. The van der Waals surface area contributed by atoms with Gasteiger partial charge in [0.1, 0.15) is 11.1 Å². The Bertz CT molecular complexity index is 2540. The van der Waals surface area contributed by atoms with E-state index in [1.165, 1.54) is 0 Å². The maximum Gasteiger partial charge on any atom is 0.336 e. The normalized spacial score (nSPS) is 14.2. The molecule has 15 heteroatoms. The third-order valence-corrected chi connectivity index (χ3v) is 11.3. The first kappa shape index (κ1) is 61.8. The molecule has 0 unspecified atom stereocenters. The lowest BCUT2D eigenvalue weighted by molar-refractivity contribution is -0.157. The summed E-state index contributed by atoms with van der Waals surface area (Å²) in [5.74, 6) is 0.174. The number of halogens is 1. The second-order valence-corrected chi connectivity index (χ2v) is 24.4. The SMILES string of the molecule is CC(=S)N[C@@](CC(C)(C)C)(C(=O)OC(C)C)c1ccc(-c2ncccn2)cc1.CC(C)OC(=O)[C@@](N)(CC(C)(C)C)c1ccc(-c2ncccn2)cc1.CC(C)OC(=O)[C@@](N)(CC(C)(C)C)c1ccc(Br)cc1. The van der Waals surface area contributed by atoms with E-state index in [9.17, 15) is 14.4 Å². The van der Waals surface area contributed by atoms with Gasteiger partial charge in [-0.2, -0.15) is 0 Å². The summed E-state index contributed by atoms with van der Waals surface area (Å²) in [5.41, 5.74) is 13.4. The van der Waals surface area contributed by atoms with Crippen molar-refractivity contribution in [3.63, 3.8) is 0 Å². The number of hydrogen-bond acceptors (Lipinski definition) is 13. The zero-order valence-electron chi connectivity index (χ0n) is 45.9. The molecule has 0 aliphatic heterocycles. The highest BCUT2D eigenvalue weighted by molar-refractivity contribution is 9.10. The van der Waals surface area contributed by atoms with Gasteiger partial charge in [-0.15, -0.1) is 0 Å². The number of esters is 3. The van der Waals surface area contributed by atoms with Gasteiger partial charge >= 0.3 is 17.9 Å². The Morgan fingerprint density at radius 2 is 0.822 bits per heavy atom. The number of thiocarbonyl (C=S) groups is 1. The summed E-state index contributed by atoms with van der Waals surface area (Å²) in [7, 11) is 0. The molecular weight excluding hydrogens is 1000 g/mol. The maximum absolute atomic E-state index is 13.3. The number of hydrogen-bond donors (Lipinski definition) is 3. The van der Waals surface area contributed by atoms with Gasteiger partial charge in [0.25, 0.3) is 0 Å². The van der Waals surface area contributed by atoms with Gasteiger partial charge in [0.2, 0.25) is 0 Å². The Labute approximate surface area is 449 Å². The molecule has 13 nitrogen and oxygen atoms in total. The molecule has 73 heavy (non-hydrogen) atoms. The van der Waals surface area contributed by atoms with Gasteiger partial charge < -0.3 is 31.0 Å². The fourth-order valence-corrected chi connectivity index (χ4v) is 8.67. The summed E-state index contributed by atoms with van der Waals surface area (Å²) in [6.07, 6.45) is 7.71. The minimum absolute atomic E-state index is 0.0855. The van der Waals surface area contributed by atoms with E-state index in [1.54, 1.807) is 43.8 Å². The summed E-state index contributed by atoms with van der Waals surface area (Å²) in [5, 5.41) is 3.26. The smallest absolute Gasteiger partial charge is 0.336 e. The van der Waals surface area contributed by atoms with E-state index < -0.39 is 22.6 Å². The lowest BCUT2D eigenvalue weighted by atomic mass is 9.75. The van der Waals surface area contributed by atoms with Crippen molar-refractivity contribution in [3.8, 4) is 22.8 Å². The van der Waals surface area contributed by atoms with Gasteiger partial charge in [-0.25, -0.2) is 34.3 Å². The monoisotopic (exact) mass is 1080 g/mol. The molecule has 0 fully saturated rings. The number of nitrogens with one attached hydrogen (secondary N) is 1. The molecule has 3 aromatic carbocycles. The van der Waals surface area contributed by atoms with E-state index in [-0.39, 0.29) is 46.5 Å². The van der Waals surface area contributed by atoms with Crippen LogP contribution in [0.5, 0.6) is 0 Å². The molecule has 0 spiro atoms. The molecule has 5 N–H and O–H groups in total. The molecule has 3 atom stereocenters. The van der Waals surface area contributed by atoms with Gasteiger partial charge in [-0.05, 0) is 125 Å². The van der Waals surface area contributed by atoms with Gasteiger partial charge in [-0.1, -0.05) is 151 Å². The molecular formula is C58H80BrN7O6S. The van der Waals surface area contributed by atoms with Crippen molar-refractivity contribution in [1.29, 1.82) is 0 Å². The van der Waals surface area contributed by atoms with Gasteiger partial charge in [0.15, 0.2) is 17.2 Å². The molecule has 0 aliphatic rings. The van der Waals surface area contributed by atoms with Crippen molar-refractivity contribution >= 4 is 51.0 Å². The minimum atomic E-state index is -1.20. The van der Waals surface area contributed by atoms with Gasteiger partial charge in [-0.3, -0.25) is 0 Å². The van der Waals surface area contributed by atoms with Crippen molar-refractivity contribution in [2.45, 2.75) is 165 Å². The van der Waals surface area contributed by atoms with Crippen molar-refractivity contribution in [1.82, 2.24) is 25.3 Å². The van der Waals surface area contributed by atoms with Gasteiger partial charge in [0.05, 0.1) is 23.3 Å². The van der Waals surface area contributed by atoms with E-state index in [4.69, 9.17) is 37.9 Å². The Balaban J connectivity index is 0.000000293. The number of ether oxygens (including phenoxy) is 3. The number of aromatic nitrogens is 4. The average molecular weight is 1080 g/mol. The van der Waals surface area contributed by atoms with Crippen LogP contribution in [-0.4, -0.2) is 61.1 Å². The van der Waals surface area contributed by atoms with Crippen molar-refractivity contribution < 1.29 is 28.6 Å². The Hall–Kier alpha value is -5.48. The van der Waals surface area contributed by atoms with Crippen molar-refractivity contribution in [2.24, 2.45) is 27.7 Å². The first-order valence-electron chi connectivity index (χ1n) is 24.7. The van der Waals surface area contributed by atoms with Gasteiger partial charge in [0, 0.05) is 40.4 Å². The van der Waals surface area contributed by atoms with Crippen LogP contribution in [0.1, 0.15) is 147 Å². The molecule has 2 heterocycles. The maximum atomic E-state index is 13.3. The number of nitrogens with two attached hydrogens (primary N) is 2. The zero-order valence-corrected chi connectivity index (χ0v) is 48.3.